The van der Waals surface area contributed by atoms with Crippen molar-refractivity contribution in [2.45, 2.75) is 25.7 Å². The van der Waals surface area contributed by atoms with Gasteiger partial charge in [-0.2, -0.15) is 0 Å². The van der Waals surface area contributed by atoms with E-state index in [2.05, 4.69) is 10.9 Å². The van der Waals surface area contributed by atoms with Gasteiger partial charge in [-0.1, -0.05) is 29.8 Å². The zero-order chi connectivity index (χ0) is 16.2. The first-order valence-electron chi connectivity index (χ1n) is 7.57. The predicted octanol–water partition coefficient (Wildman–Crippen LogP) is 2.83. The summed E-state index contributed by atoms with van der Waals surface area (Å²) in [7, 11) is 0. The molecule has 0 fully saturated rings. The number of aryl methyl sites for hydroxylation is 2. The molecule has 0 spiro atoms. The highest BCUT2D eigenvalue weighted by Gasteiger charge is 2.14. The highest BCUT2D eigenvalue weighted by molar-refractivity contribution is 6.30. The number of carbonyl (C=O) groups is 2. The molecule has 0 aromatic heterocycles. The summed E-state index contributed by atoms with van der Waals surface area (Å²) in [5.41, 5.74) is 8.84. The van der Waals surface area contributed by atoms with E-state index in [4.69, 9.17) is 11.6 Å². The second-order valence-electron chi connectivity index (χ2n) is 5.64. The third kappa shape index (κ3) is 3.90. The number of benzene rings is 2. The predicted molar refractivity (Wildman–Crippen MR) is 89.2 cm³/mol. The van der Waals surface area contributed by atoms with Gasteiger partial charge in [0.1, 0.15) is 0 Å². The molecule has 0 unspecified atom stereocenters. The van der Waals surface area contributed by atoms with Crippen LogP contribution in [-0.4, -0.2) is 11.8 Å². The Morgan fingerprint density at radius 3 is 2.48 bits per heavy atom. The Morgan fingerprint density at radius 1 is 0.957 bits per heavy atom. The Bertz CT molecular complexity index is 741. The number of amides is 2. The molecule has 1 aliphatic carbocycles. The Kier molecular flexibility index (Phi) is 4.63. The molecule has 0 saturated heterocycles. The third-order valence-corrected chi connectivity index (χ3v) is 4.21. The van der Waals surface area contributed by atoms with Gasteiger partial charge in [-0.05, 0) is 60.2 Å². The Hall–Kier alpha value is -2.33. The van der Waals surface area contributed by atoms with E-state index in [-0.39, 0.29) is 18.2 Å². The fraction of sp³-hybridized carbons (Fsp3) is 0.222. The Morgan fingerprint density at radius 2 is 1.70 bits per heavy atom. The zero-order valence-electron chi connectivity index (χ0n) is 12.6. The summed E-state index contributed by atoms with van der Waals surface area (Å²) in [4.78, 5) is 24.0. The monoisotopic (exact) mass is 328 g/mol. The van der Waals surface area contributed by atoms with Crippen LogP contribution >= 0.6 is 11.6 Å². The fourth-order valence-corrected chi connectivity index (χ4v) is 2.87. The maximum Gasteiger partial charge on any atom is 0.269 e. The van der Waals surface area contributed by atoms with Crippen molar-refractivity contribution in [2.24, 2.45) is 0 Å². The molecule has 0 radical (unpaired) electrons. The molecular formula is C18H17ClN2O2. The average molecular weight is 329 g/mol. The van der Waals surface area contributed by atoms with Crippen LogP contribution in [0.1, 0.15) is 33.5 Å². The third-order valence-electron chi connectivity index (χ3n) is 3.95. The second-order valence-corrected chi connectivity index (χ2v) is 6.08. The van der Waals surface area contributed by atoms with Crippen molar-refractivity contribution >= 4 is 23.4 Å². The van der Waals surface area contributed by atoms with Crippen molar-refractivity contribution in [3.8, 4) is 0 Å². The number of rotatable bonds is 3. The molecule has 118 valence electrons. The van der Waals surface area contributed by atoms with E-state index >= 15 is 0 Å². The molecule has 2 aromatic carbocycles. The van der Waals surface area contributed by atoms with Crippen molar-refractivity contribution in [3.05, 3.63) is 69.7 Å². The molecule has 0 atom stereocenters. The lowest BCUT2D eigenvalue weighted by atomic mass is 10.1. The highest BCUT2D eigenvalue weighted by atomic mass is 35.5. The molecule has 2 aromatic rings. The van der Waals surface area contributed by atoms with Crippen molar-refractivity contribution < 1.29 is 9.59 Å². The van der Waals surface area contributed by atoms with Gasteiger partial charge in [0.25, 0.3) is 5.91 Å². The summed E-state index contributed by atoms with van der Waals surface area (Å²) in [6.07, 6.45) is 3.41. The second kappa shape index (κ2) is 6.84. The lowest BCUT2D eigenvalue weighted by Gasteiger charge is -2.09. The van der Waals surface area contributed by atoms with Crippen LogP contribution in [0.25, 0.3) is 0 Å². The molecule has 1 aliphatic rings. The number of nitrogens with one attached hydrogen (secondary N) is 2. The average Bonchev–Trinajstić information content (AvgIpc) is 3.02. The summed E-state index contributed by atoms with van der Waals surface area (Å²) < 4.78 is 0. The van der Waals surface area contributed by atoms with Crippen molar-refractivity contribution in [1.82, 2.24) is 10.9 Å². The number of fused-ring (bicyclic) bond motifs is 1. The van der Waals surface area contributed by atoms with E-state index < -0.39 is 0 Å². The molecule has 2 amide bonds. The largest absolute Gasteiger partial charge is 0.273 e. The van der Waals surface area contributed by atoms with Crippen LogP contribution in [0.15, 0.2) is 42.5 Å². The first kappa shape index (κ1) is 15.6. The Balaban J connectivity index is 1.54. The molecule has 0 bridgehead atoms. The van der Waals surface area contributed by atoms with Gasteiger partial charge < -0.3 is 0 Å². The standard InChI is InChI=1S/C18H17ClN2O2/c19-16-8-4-12(5-9-16)10-17(22)20-21-18(23)15-7-6-13-2-1-3-14(13)11-15/h4-9,11H,1-3,10H2,(H,20,22)(H,21,23). The molecule has 4 nitrogen and oxygen atoms in total. The van der Waals surface area contributed by atoms with E-state index in [1.165, 1.54) is 11.1 Å². The van der Waals surface area contributed by atoms with Gasteiger partial charge >= 0.3 is 0 Å². The quantitative estimate of drug-likeness (QED) is 0.851. The molecule has 0 heterocycles. The van der Waals surface area contributed by atoms with Crippen LogP contribution in [0.3, 0.4) is 0 Å². The van der Waals surface area contributed by atoms with E-state index in [0.717, 1.165) is 24.8 Å². The number of halogens is 1. The van der Waals surface area contributed by atoms with Crippen LogP contribution in [-0.2, 0) is 24.1 Å². The Labute approximate surface area is 139 Å². The van der Waals surface area contributed by atoms with Crippen LogP contribution < -0.4 is 10.9 Å². The zero-order valence-corrected chi connectivity index (χ0v) is 13.3. The van der Waals surface area contributed by atoms with Crippen molar-refractivity contribution in [3.63, 3.8) is 0 Å². The molecule has 23 heavy (non-hydrogen) atoms. The molecule has 2 N–H and O–H groups in total. The molecule has 3 rings (SSSR count). The first-order chi connectivity index (χ1) is 11.1. The van der Waals surface area contributed by atoms with Crippen molar-refractivity contribution in [1.29, 1.82) is 0 Å². The molecule has 0 aliphatic heterocycles. The smallest absolute Gasteiger partial charge is 0.269 e. The molecule has 0 saturated carbocycles. The number of hydrazine groups is 1. The lowest BCUT2D eigenvalue weighted by Crippen LogP contribution is -2.42. The van der Waals surface area contributed by atoms with Crippen LogP contribution in [0, 0.1) is 0 Å². The fourth-order valence-electron chi connectivity index (χ4n) is 2.74. The minimum Gasteiger partial charge on any atom is -0.273 e. The molecule has 5 heteroatoms. The summed E-state index contributed by atoms with van der Waals surface area (Å²) >= 11 is 5.80. The minimum atomic E-state index is -0.302. The normalized spacial score (nSPS) is 12.6. The van der Waals surface area contributed by atoms with Gasteiger partial charge in [-0.25, -0.2) is 0 Å². The van der Waals surface area contributed by atoms with Gasteiger partial charge in [0.15, 0.2) is 0 Å². The van der Waals surface area contributed by atoms with E-state index in [9.17, 15) is 9.59 Å². The van der Waals surface area contributed by atoms with E-state index in [1.807, 2.05) is 12.1 Å². The van der Waals surface area contributed by atoms with Crippen LogP contribution in [0.4, 0.5) is 0 Å². The minimum absolute atomic E-state index is 0.182. The summed E-state index contributed by atoms with van der Waals surface area (Å²) in [5, 5.41) is 0.624. The maximum absolute atomic E-state index is 12.1. The lowest BCUT2D eigenvalue weighted by molar-refractivity contribution is -0.121. The first-order valence-corrected chi connectivity index (χ1v) is 7.95. The van der Waals surface area contributed by atoms with E-state index in [1.54, 1.807) is 30.3 Å². The van der Waals surface area contributed by atoms with Crippen LogP contribution in [0.2, 0.25) is 5.02 Å². The van der Waals surface area contributed by atoms with Gasteiger partial charge in [-0.15, -0.1) is 0 Å². The van der Waals surface area contributed by atoms with Gasteiger partial charge in [0.2, 0.25) is 5.91 Å². The van der Waals surface area contributed by atoms with Crippen LogP contribution in [0.5, 0.6) is 0 Å². The van der Waals surface area contributed by atoms with Gasteiger partial charge in [-0.3, -0.25) is 20.4 Å². The number of carbonyl (C=O) groups excluding carboxylic acids is 2. The number of hydrogen-bond donors (Lipinski definition) is 2. The van der Waals surface area contributed by atoms with Crippen molar-refractivity contribution in [2.75, 3.05) is 0 Å². The summed E-state index contributed by atoms with van der Waals surface area (Å²) in [5.74, 6) is -0.578. The highest BCUT2D eigenvalue weighted by Crippen LogP contribution is 2.22. The van der Waals surface area contributed by atoms with Gasteiger partial charge in [0, 0.05) is 10.6 Å². The maximum atomic E-state index is 12.1. The summed E-state index contributed by atoms with van der Waals surface area (Å²) in [6, 6.07) is 12.7. The molecular weight excluding hydrogens is 312 g/mol. The number of hydrogen-bond acceptors (Lipinski definition) is 2. The topological polar surface area (TPSA) is 58.2 Å². The van der Waals surface area contributed by atoms with Gasteiger partial charge in [0.05, 0.1) is 6.42 Å². The van der Waals surface area contributed by atoms with E-state index in [0.29, 0.717) is 10.6 Å². The summed E-state index contributed by atoms with van der Waals surface area (Å²) in [6.45, 7) is 0. The SMILES string of the molecule is O=C(Cc1ccc(Cl)cc1)NNC(=O)c1ccc2c(c1)CCC2.